The molecule has 0 unspecified atom stereocenters. The molecule has 0 saturated carbocycles. The number of hydrogen-bond donors (Lipinski definition) is 2. The van der Waals surface area contributed by atoms with Crippen molar-refractivity contribution in [2.24, 2.45) is 0 Å². The summed E-state index contributed by atoms with van der Waals surface area (Å²) in [6, 6.07) is 17.3. The summed E-state index contributed by atoms with van der Waals surface area (Å²) in [5.41, 5.74) is 5.48. The standard InChI is InChI=1S/C26H22ClN5O3S/c1-35-26(34)13-18-4-9-24(36-18)21-6-5-20(29-21)23-8-3-17-10-15(11-25(33)32(17)23)19-12-16(27)2-7-22(19)31-14-28-30-31/h2,4-7,9-12,14,23,29-30H,3,8,13H2,1H3/t23-/m0/s1. The van der Waals surface area contributed by atoms with Crippen LogP contribution in [0.3, 0.4) is 0 Å². The number of methoxy groups -OCH3 is 1. The molecule has 10 heteroatoms. The van der Waals surface area contributed by atoms with Crippen molar-refractivity contribution >= 4 is 28.9 Å². The van der Waals surface area contributed by atoms with Crippen molar-refractivity contribution in [2.75, 3.05) is 7.11 Å². The molecule has 1 aliphatic rings. The number of benzene rings is 1. The first kappa shape index (κ1) is 22.6. The number of hydrogen-bond acceptors (Lipinski definition) is 5. The van der Waals surface area contributed by atoms with Crippen LogP contribution in [0.5, 0.6) is 0 Å². The Morgan fingerprint density at radius 1 is 1.19 bits per heavy atom. The predicted octanol–water partition coefficient (Wildman–Crippen LogP) is 4.99. The maximum absolute atomic E-state index is 13.4. The van der Waals surface area contributed by atoms with E-state index in [-0.39, 0.29) is 24.0 Å². The first-order valence-corrected chi connectivity index (χ1v) is 12.7. The molecular weight excluding hydrogens is 498 g/mol. The Morgan fingerprint density at radius 3 is 2.83 bits per heavy atom. The van der Waals surface area contributed by atoms with Crippen LogP contribution in [0.15, 0.2) is 65.7 Å². The summed E-state index contributed by atoms with van der Waals surface area (Å²) in [5.74, 6) is -0.254. The van der Waals surface area contributed by atoms with E-state index in [1.807, 2.05) is 47.0 Å². The number of aryl methyl sites for hydroxylation is 1. The Morgan fingerprint density at radius 2 is 2.06 bits per heavy atom. The summed E-state index contributed by atoms with van der Waals surface area (Å²) in [4.78, 5) is 30.4. The number of rotatable bonds is 6. The van der Waals surface area contributed by atoms with Gasteiger partial charge in [-0.15, -0.1) is 16.4 Å². The monoisotopic (exact) mass is 519 g/mol. The fraction of sp³-hybridized carbons (Fsp3) is 0.192. The average Bonchev–Trinajstić information content (AvgIpc) is 3.58. The van der Waals surface area contributed by atoms with Gasteiger partial charge in [0.05, 0.1) is 35.8 Å². The van der Waals surface area contributed by atoms with Crippen LogP contribution in [0.1, 0.15) is 28.7 Å². The molecule has 0 fully saturated rings. The van der Waals surface area contributed by atoms with Gasteiger partial charge in [-0.2, -0.15) is 0 Å². The maximum Gasteiger partial charge on any atom is 0.310 e. The van der Waals surface area contributed by atoms with Gasteiger partial charge < -0.3 is 14.3 Å². The highest BCUT2D eigenvalue weighted by Gasteiger charge is 2.27. The first-order chi connectivity index (χ1) is 17.5. The number of fused-ring (bicyclic) bond motifs is 1. The zero-order chi connectivity index (χ0) is 24.8. The highest BCUT2D eigenvalue weighted by atomic mass is 35.5. The molecule has 1 atom stereocenters. The zero-order valence-corrected chi connectivity index (χ0v) is 20.9. The van der Waals surface area contributed by atoms with Crippen molar-refractivity contribution < 1.29 is 9.53 Å². The topological polar surface area (TPSA) is 97.7 Å². The number of aromatic amines is 2. The number of aromatic nitrogens is 5. The van der Waals surface area contributed by atoms with E-state index in [1.165, 1.54) is 7.11 Å². The van der Waals surface area contributed by atoms with Gasteiger partial charge >= 0.3 is 5.97 Å². The van der Waals surface area contributed by atoms with Gasteiger partial charge in [0.2, 0.25) is 0 Å². The summed E-state index contributed by atoms with van der Waals surface area (Å²) in [7, 11) is 1.39. The smallest absolute Gasteiger partial charge is 0.310 e. The summed E-state index contributed by atoms with van der Waals surface area (Å²) in [6.07, 6.45) is 3.57. The lowest BCUT2D eigenvalue weighted by molar-refractivity contribution is -0.139. The van der Waals surface area contributed by atoms with Gasteiger partial charge in [0.1, 0.15) is 6.33 Å². The lowest BCUT2D eigenvalue weighted by Crippen LogP contribution is -2.23. The molecule has 36 heavy (non-hydrogen) atoms. The van der Waals surface area contributed by atoms with Crippen LogP contribution in [-0.2, 0) is 22.4 Å². The van der Waals surface area contributed by atoms with Crippen molar-refractivity contribution in [2.45, 2.75) is 25.3 Å². The Kier molecular flexibility index (Phi) is 5.66. The quantitative estimate of drug-likeness (QED) is 0.309. The van der Waals surface area contributed by atoms with E-state index in [1.54, 1.807) is 28.4 Å². The molecule has 8 nitrogen and oxygen atoms in total. The molecule has 0 aliphatic carbocycles. The number of ether oxygens (including phenoxy) is 1. The maximum atomic E-state index is 13.4. The second-order valence-electron chi connectivity index (χ2n) is 8.72. The molecule has 0 radical (unpaired) electrons. The normalized spacial score (nSPS) is 14.8. The van der Waals surface area contributed by atoms with E-state index in [0.29, 0.717) is 5.02 Å². The Hall–Kier alpha value is -3.82. The molecule has 6 rings (SSSR count). The van der Waals surface area contributed by atoms with E-state index in [0.717, 1.165) is 56.5 Å². The zero-order valence-electron chi connectivity index (χ0n) is 19.3. The van der Waals surface area contributed by atoms with Gasteiger partial charge in [-0.1, -0.05) is 11.6 Å². The molecule has 2 N–H and O–H groups in total. The van der Waals surface area contributed by atoms with Crippen molar-refractivity contribution in [1.29, 1.82) is 0 Å². The SMILES string of the molecule is COC(=O)Cc1ccc(-c2ccc([C@@H]3CCc4cc(-c5cc(Cl)ccc5-n5cn[nH]5)cc(=O)n43)[nH]2)s1. The van der Waals surface area contributed by atoms with E-state index in [4.69, 9.17) is 16.3 Å². The van der Waals surface area contributed by atoms with Crippen LogP contribution >= 0.6 is 22.9 Å². The molecule has 5 aromatic rings. The molecular formula is C26H22ClN5O3S. The van der Waals surface area contributed by atoms with Crippen LogP contribution in [0.2, 0.25) is 5.02 Å². The number of thiophene rings is 1. The van der Waals surface area contributed by atoms with Crippen LogP contribution in [0.4, 0.5) is 0 Å². The lowest BCUT2D eigenvalue weighted by atomic mass is 10.0. The van der Waals surface area contributed by atoms with E-state index in [2.05, 4.69) is 21.4 Å². The Bertz CT molecular complexity index is 1630. The average molecular weight is 520 g/mol. The minimum absolute atomic E-state index is 0.0474. The van der Waals surface area contributed by atoms with E-state index >= 15 is 0 Å². The second-order valence-corrected chi connectivity index (χ2v) is 10.3. The van der Waals surface area contributed by atoms with Crippen molar-refractivity contribution in [3.63, 3.8) is 0 Å². The number of nitrogens with one attached hydrogen (secondary N) is 2. The number of halogens is 1. The van der Waals surface area contributed by atoms with Crippen LogP contribution in [-0.4, -0.2) is 37.6 Å². The van der Waals surface area contributed by atoms with Gasteiger partial charge in [0, 0.05) is 32.9 Å². The predicted molar refractivity (Wildman–Crippen MR) is 139 cm³/mol. The molecule has 1 aromatic carbocycles. The minimum Gasteiger partial charge on any atom is -0.469 e. The molecule has 0 amide bonds. The number of nitrogens with zero attached hydrogens (tertiary/aromatic N) is 3. The van der Waals surface area contributed by atoms with Crippen LogP contribution in [0.25, 0.3) is 27.4 Å². The second kappa shape index (κ2) is 9.00. The number of esters is 1. The van der Waals surface area contributed by atoms with Crippen LogP contribution in [0, 0.1) is 0 Å². The number of H-pyrrole nitrogens is 2. The fourth-order valence-electron chi connectivity index (χ4n) is 4.81. The van der Waals surface area contributed by atoms with Crippen molar-refractivity contribution in [3.8, 4) is 27.4 Å². The third-order valence-corrected chi connectivity index (χ3v) is 7.90. The van der Waals surface area contributed by atoms with Crippen molar-refractivity contribution in [1.82, 2.24) is 24.5 Å². The largest absolute Gasteiger partial charge is 0.469 e. The molecule has 0 bridgehead atoms. The summed E-state index contributed by atoms with van der Waals surface area (Å²) in [5, 5.41) is 7.39. The fourth-order valence-corrected chi connectivity index (χ4v) is 5.95. The van der Waals surface area contributed by atoms with Crippen LogP contribution < -0.4 is 5.56 Å². The third-order valence-electron chi connectivity index (χ3n) is 6.54. The van der Waals surface area contributed by atoms with Gasteiger partial charge in [-0.05, 0) is 66.9 Å². The van der Waals surface area contributed by atoms with E-state index in [9.17, 15) is 9.59 Å². The van der Waals surface area contributed by atoms with E-state index < -0.39 is 0 Å². The lowest BCUT2D eigenvalue weighted by Gasteiger charge is -2.17. The Labute approximate surface area is 215 Å². The molecule has 1 aliphatic heterocycles. The summed E-state index contributed by atoms with van der Waals surface area (Å²) < 4.78 is 8.44. The molecule has 4 aromatic heterocycles. The molecule has 5 heterocycles. The molecule has 182 valence electrons. The Balaban J connectivity index is 1.31. The number of pyridine rings is 1. The summed E-state index contributed by atoms with van der Waals surface area (Å²) >= 11 is 7.85. The highest BCUT2D eigenvalue weighted by molar-refractivity contribution is 7.15. The van der Waals surface area contributed by atoms with Gasteiger partial charge in [-0.3, -0.25) is 9.59 Å². The highest BCUT2D eigenvalue weighted by Crippen LogP contribution is 2.36. The summed E-state index contributed by atoms with van der Waals surface area (Å²) in [6.45, 7) is 0. The number of carbonyl (C=O) groups excluding carboxylic acids is 1. The van der Waals surface area contributed by atoms with Gasteiger partial charge in [0.25, 0.3) is 5.56 Å². The number of carbonyl (C=O) groups is 1. The molecule has 0 spiro atoms. The minimum atomic E-state index is -0.254. The third kappa shape index (κ3) is 4.00. The van der Waals surface area contributed by atoms with Crippen molar-refractivity contribution in [3.05, 3.63) is 92.6 Å². The van der Waals surface area contributed by atoms with Gasteiger partial charge in [-0.25, -0.2) is 9.90 Å². The van der Waals surface area contributed by atoms with Gasteiger partial charge in [0.15, 0.2) is 0 Å². The molecule has 0 saturated heterocycles. The first-order valence-electron chi connectivity index (χ1n) is 11.5.